The predicted octanol–water partition coefficient (Wildman–Crippen LogP) is 3.99. The third-order valence-electron chi connectivity index (χ3n) is 5.08. The minimum absolute atomic E-state index is 0.233. The summed E-state index contributed by atoms with van der Waals surface area (Å²) in [4.78, 5) is 13.5. The number of nitrogens with one attached hydrogen (secondary N) is 2. The molecule has 154 valence electrons. The molecular formula is C21H21BrN6O2. The molecule has 0 aliphatic carbocycles. The van der Waals surface area contributed by atoms with Gasteiger partial charge in [0, 0.05) is 21.4 Å². The Morgan fingerprint density at radius 3 is 2.73 bits per heavy atom. The van der Waals surface area contributed by atoms with Crippen molar-refractivity contribution in [2.75, 3.05) is 17.7 Å². The van der Waals surface area contributed by atoms with Crippen LogP contribution >= 0.6 is 15.9 Å². The summed E-state index contributed by atoms with van der Waals surface area (Å²) in [5.41, 5.74) is 4.85. The van der Waals surface area contributed by atoms with Crippen LogP contribution < -0.4 is 15.4 Å². The summed E-state index contributed by atoms with van der Waals surface area (Å²) in [6, 6.07) is 11.0. The molecule has 30 heavy (non-hydrogen) atoms. The Bertz CT molecular complexity index is 1170. The van der Waals surface area contributed by atoms with E-state index in [1.165, 1.54) is 0 Å². The molecule has 1 amide bonds. The van der Waals surface area contributed by atoms with E-state index in [1.54, 1.807) is 11.8 Å². The van der Waals surface area contributed by atoms with Crippen molar-refractivity contribution in [3.63, 3.8) is 0 Å². The van der Waals surface area contributed by atoms with Gasteiger partial charge in [-0.25, -0.2) is 0 Å². The first-order chi connectivity index (χ1) is 14.4. The van der Waals surface area contributed by atoms with E-state index in [0.29, 0.717) is 23.0 Å². The molecule has 2 aromatic carbocycles. The maximum atomic E-state index is 13.5. The largest absolute Gasteiger partial charge is 0.496 e. The minimum atomic E-state index is -0.551. The number of aryl methyl sites for hydroxylation is 2. The highest BCUT2D eigenvalue weighted by molar-refractivity contribution is 9.10. The Morgan fingerprint density at radius 2 is 2.00 bits per heavy atom. The van der Waals surface area contributed by atoms with Gasteiger partial charge in [0.25, 0.3) is 5.91 Å². The molecule has 0 spiro atoms. The number of aromatic nitrogens is 4. The smallest absolute Gasteiger partial charge is 0.255 e. The fraction of sp³-hybridized carbons (Fsp3) is 0.238. The Morgan fingerprint density at radius 1 is 1.20 bits per heavy atom. The van der Waals surface area contributed by atoms with Crippen LogP contribution in [0.1, 0.15) is 29.7 Å². The Hall–Kier alpha value is -3.20. The van der Waals surface area contributed by atoms with Gasteiger partial charge in [0.2, 0.25) is 5.95 Å². The SMILES string of the molecule is COc1cc(Br)ccc1[C@H]1C(C(=O)Nc2ccc(C)cc2C)=C(C)Nc2nnnn21. The number of hydrogen-bond donors (Lipinski definition) is 2. The third-order valence-corrected chi connectivity index (χ3v) is 5.57. The second-order valence-corrected chi connectivity index (χ2v) is 8.09. The molecule has 0 saturated carbocycles. The first kappa shape index (κ1) is 20.1. The number of hydrogen-bond acceptors (Lipinski definition) is 6. The number of ether oxygens (including phenoxy) is 1. The molecule has 0 saturated heterocycles. The van der Waals surface area contributed by atoms with Crippen molar-refractivity contribution < 1.29 is 9.53 Å². The van der Waals surface area contributed by atoms with Gasteiger partial charge in [0.1, 0.15) is 11.8 Å². The number of halogens is 1. The topological polar surface area (TPSA) is 94.0 Å². The quantitative estimate of drug-likeness (QED) is 0.600. The average Bonchev–Trinajstić information content (AvgIpc) is 3.17. The Kier molecular flexibility index (Phi) is 5.29. The summed E-state index contributed by atoms with van der Waals surface area (Å²) >= 11 is 3.47. The molecule has 0 unspecified atom stereocenters. The molecule has 4 rings (SSSR count). The number of allylic oxidation sites excluding steroid dienone is 1. The van der Waals surface area contributed by atoms with Crippen LogP contribution in [0.15, 0.2) is 52.1 Å². The molecule has 0 fully saturated rings. The lowest BCUT2D eigenvalue weighted by Crippen LogP contribution is -2.32. The van der Waals surface area contributed by atoms with E-state index in [1.807, 2.05) is 57.2 Å². The molecule has 1 aromatic heterocycles. The van der Waals surface area contributed by atoms with Gasteiger partial charge < -0.3 is 15.4 Å². The summed E-state index contributed by atoms with van der Waals surface area (Å²) in [6.07, 6.45) is 0. The van der Waals surface area contributed by atoms with Gasteiger partial charge in [0.15, 0.2) is 0 Å². The van der Waals surface area contributed by atoms with E-state index >= 15 is 0 Å². The lowest BCUT2D eigenvalue weighted by atomic mass is 9.94. The van der Waals surface area contributed by atoms with Gasteiger partial charge in [-0.3, -0.25) is 4.79 Å². The number of carbonyl (C=O) groups excluding carboxylic acids is 1. The van der Waals surface area contributed by atoms with Gasteiger partial charge in [-0.15, -0.1) is 0 Å². The molecule has 9 heteroatoms. The first-order valence-corrected chi connectivity index (χ1v) is 10.2. The number of methoxy groups -OCH3 is 1. The van der Waals surface area contributed by atoms with Crippen LogP contribution in [0.25, 0.3) is 0 Å². The standard InChI is InChI=1S/C21H21BrN6O2/c1-11-5-8-16(12(2)9-11)24-20(29)18-13(3)23-21-25-26-27-28(21)19(18)15-7-6-14(22)10-17(15)30-4/h5-10,19H,1-4H3,(H,24,29)(H,23,25,27)/t19-/m0/s1. The van der Waals surface area contributed by atoms with Crippen molar-refractivity contribution in [2.45, 2.75) is 26.8 Å². The zero-order chi connectivity index (χ0) is 21.4. The Labute approximate surface area is 182 Å². The highest BCUT2D eigenvalue weighted by atomic mass is 79.9. The van der Waals surface area contributed by atoms with Gasteiger partial charge in [-0.2, -0.15) is 4.68 Å². The molecule has 0 bridgehead atoms. The van der Waals surface area contributed by atoms with Crippen LogP contribution in [-0.2, 0) is 4.79 Å². The lowest BCUT2D eigenvalue weighted by Gasteiger charge is -2.29. The van der Waals surface area contributed by atoms with Crippen molar-refractivity contribution in [3.05, 3.63) is 68.8 Å². The van der Waals surface area contributed by atoms with E-state index in [4.69, 9.17) is 4.74 Å². The van der Waals surface area contributed by atoms with Crippen molar-refractivity contribution in [1.82, 2.24) is 20.2 Å². The molecule has 1 atom stereocenters. The van der Waals surface area contributed by atoms with Crippen LogP contribution in [0.3, 0.4) is 0 Å². The van der Waals surface area contributed by atoms with Crippen LogP contribution in [0.2, 0.25) is 0 Å². The summed E-state index contributed by atoms with van der Waals surface area (Å²) in [6.45, 7) is 5.83. The number of tetrazole rings is 1. The van der Waals surface area contributed by atoms with Crippen LogP contribution in [0, 0.1) is 13.8 Å². The van der Waals surface area contributed by atoms with Crippen LogP contribution in [0.5, 0.6) is 5.75 Å². The molecule has 1 aliphatic heterocycles. The number of benzene rings is 2. The van der Waals surface area contributed by atoms with Gasteiger partial charge in [0.05, 0.1) is 12.7 Å². The molecule has 8 nitrogen and oxygen atoms in total. The fourth-order valence-corrected chi connectivity index (χ4v) is 3.99. The molecule has 1 aliphatic rings. The summed E-state index contributed by atoms with van der Waals surface area (Å²) in [5.74, 6) is 0.857. The van der Waals surface area contributed by atoms with Crippen molar-refractivity contribution in [1.29, 1.82) is 0 Å². The van der Waals surface area contributed by atoms with Crippen molar-refractivity contribution in [2.24, 2.45) is 0 Å². The highest BCUT2D eigenvalue weighted by Gasteiger charge is 2.35. The van der Waals surface area contributed by atoms with Crippen LogP contribution in [0.4, 0.5) is 11.6 Å². The number of fused-ring (bicyclic) bond motifs is 1. The number of carbonyl (C=O) groups is 1. The maximum Gasteiger partial charge on any atom is 0.255 e. The van der Waals surface area contributed by atoms with E-state index in [0.717, 1.165) is 26.9 Å². The predicted molar refractivity (Wildman–Crippen MR) is 118 cm³/mol. The Balaban J connectivity index is 1.81. The second kappa shape index (κ2) is 7.91. The zero-order valence-corrected chi connectivity index (χ0v) is 18.6. The molecule has 2 N–H and O–H groups in total. The van der Waals surface area contributed by atoms with E-state index in [9.17, 15) is 4.79 Å². The number of amides is 1. The lowest BCUT2D eigenvalue weighted by molar-refractivity contribution is -0.113. The number of rotatable bonds is 4. The molecular weight excluding hydrogens is 448 g/mol. The van der Waals surface area contributed by atoms with E-state index in [2.05, 4.69) is 42.1 Å². The second-order valence-electron chi connectivity index (χ2n) is 7.17. The number of nitrogens with zero attached hydrogens (tertiary/aromatic N) is 4. The normalized spacial score (nSPS) is 15.4. The van der Waals surface area contributed by atoms with Gasteiger partial charge >= 0.3 is 0 Å². The zero-order valence-electron chi connectivity index (χ0n) is 17.0. The molecule has 2 heterocycles. The van der Waals surface area contributed by atoms with Crippen LogP contribution in [-0.4, -0.2) is 33.2 Å². The number of anilines is 2. The maximum absolute atomic E-state index is 13.5. The van der Waals surface area contributed by atoms with Gasteiger partial charge in [-0.05, 0) is 55.0 Å². The summed E-state index contributed by atoms with van der Waals surface area (Å²) < 4.78 is 8.06. The van der Waals surface area contributed by atoms with E-state index < -0.39 is 6.04 Å². The van der Waals surface area contributed by atoms with E-state index in [-0.39, 0.29) is 5.91 Å². The minimum Gasteiger partial charge on any atom is -0.496 e. The third kappa shape index (κ3) is 3.56. The fourth-order valence-electron chi connectivity index (χ4n) is 3.65. The summed E-state index contributed by atoms with van der Waals surface area (Å²) in [5, 5.41) is 18.1. The molecule has 0 radical (unpaired) electrons. The highest BCUT2D eigenvalue weighted by Crippen LogP contribution is 2.40. The summed E-state index contributed by atoms with van der Waals surface area (Å²) in [7, 11) is 1.60. The van der Waals surface area contributed by atoms with Crippen molar-refractivity contribution in [3.8, 4) is 5.75 Å². The average molecular weight is 469 g/mol. The van der Waals surface area contributed by atoms with Gasteiger partial charge in [-0.1, -0.05) is 44.8 Å². The first-order valence-electron chi connectivity index (χ1n) is 9.36. The monoisotopic (exact) mass is 468 g/mol. The molecule has 3 aromatic rings. The van der Waals surface area contributed by atoms with Crippen molar-refractivity contribution >= 4 is 33.5 Å².